The van der Waals surface area contributed by atoms with Crippen molar-refractivity contribution < 1.29 is 4.79 Å². The van der Waals surface area contributed by atoms with Gasteiger partial charge in [0.2, 0.25) is 5.91 Å². The van der Waals surface area contributed by atoms with Gasteiger partial charge in [0.25, 0.3) is 0 Å². The summed E-state index contributed by atoms with van der Waals surface area (Å²) in [5.41, 5.74) is 7.35. The SMILES string of the molecule is CC(C)[C@H](N)C(=O)Nc1ccc(Cl)c(-c2nnc3n2CCCCC3)c1. The topological polar surface area (TPSA) is 85.8 Å². The van der Waals surface area contributed by atoms with Gasteiger partial charge in [-0.2, -0.15) is 0 Å². The largest absolute Gasteiger partial charge is 0.325 e. The van der Waals surface area contributed by atoms with Gasteiger partial charge in [0.1, 0.15) is 5.82 Å². The summed E-state index contributed by atoms with van der Waals surface area (Å²) in [6.45, 7) is 4.73. The molecule has 1 amide bonds. The quantitative estimate of drug-likeness (QED) is 0.875. The third-order valence-electron chi connectivity index (χ3n) is 4.61. The highest BCUT2D eigenvalue weighted by atomic mass is 35.5. The average Bonchev–Trinajstić information content (AvgIpc) is 2.83. The van der Waals surface area contributed by atoms with Crippen LogP contribution >= 0.6 is 11.6 Å². The summed E-state index contributed by atoms with van der Waals surface area (Å²) < 4.78 is 2.14. The van der Waals surface area contributed by atoms with Gasteiger partial charge >= 0.3 is 0 Å². The summed E-state index contributed by atoms with van der Waals surface area (Å²) in [7, 11) is 0. The lowest BCUT2D eigenvalue weighted by atomic mass is 10.0. The van der Waals surface area contributed by atoms with Crippen LogP contribution in [0.2, 0.25) is 5.02 Å². The predicted octanol–water partition coefficient (Wildman–Crippen LogP) is 3.25. The molecule has 0 radical (unpaired) electrons. The first kappa shape index (κ1) is 17.9. The molecule has 7 heteroatoms. The first-order valence-corrected chi connectivity index (χ1v) is 9.13. The molecular weight excluding hydrogens is 338 g/mol. The third-order valence-corrected chi connectivity index (χ3v) is 4.93. The van der Waals surface area contributed by atoms with Crippen LogP contribution in [0.5, 0.6) is 0 Å². The van der Waals surface area contributed by atoms with Gasteiger partial charge in [-0.25, -0.2) is 0 Å². The Kier molecular flexibility index (Phi) is 5.39. The zero-order valence-corrected chi connectivity index (χ0v) is 15.4. The van der Waals surface area contributed by atoms with Crippen LogP contribution in [0.4, 0.5) is 5.69 Å². The molecule has 2 aromatic rings. The summed E-state index contributed by atoms with van der Waals surface area (Å²) in [6.07, 6.45) is 4.37. The molecule has 2 heterocycles. The Morgan fingerprint density at radius 2 is 2.08 bits per heavy atom. The van der Waals surface area contributed by atoms with Crippen LogP contribution in [-0.2, 0) is 17.8 Å². The molecule has 1 aliphatic heterocycles. The predicted molar refractivity (Wildman–Crippen MR) is 99.5 cm³/mol. The molecule has 1 aliphatic rings. The van der Waals surface area contributed by atoms with Gasteiger partial charge in [-0.15, -0.1) is 10.2 Å². The molecule has 25 heavy (non-hydrogen) atoms. The minimum atomic E-state index is -0.552. The Morgan fingerprint density at radius 1 is 1.28 bits per heavy atom. The molecule has 134 valence electrons. The lowest BCUT2D eigenvalue weighted by Crippen LogP contribution is -2.39. The minimum Gasteiger partial charge on any atom is -0.325 e. The number of hydrogen-bond donors (Lipinski definition) is 2. The second kappa shape index (κ2) is 7.54. The molecule has 0 bridgehead atoms. The van der Waals surface area contributed by atoms with E-state index in [1.807, 2.05) is 19.9 Å². The van der Waals surface area contributed by atoms with E-state index < -0.39 is 6.04 Å². The molecule has 6 nitrogen and oxygen atoms in total. The first-order valence-electron chi connectivity index (χ1n) is 8.76. The maximum atomic E-state index is 12.2. The number of halogens is 1. The van der Waals surface area contributed by atoms with E-state index in [-0.39, 0.29) is 11.8 Å². The average molecular weight is 362 g/mol. The standard InChI is InChI=1S/C18H24ClN5O/c1-11(2)16(20)18(25)21-12-7-8-14(19)13(10-12)17-23-22-15-6-4-3-5-9-24(15)17/h7-8,10-11,16H,3-6,9,20H2,1-2H3,(H,21,25)/t16-/m0/s1. The summed E-state index contributed by atoms with van der Waals surface area (Å²) >= 11 is 6.40. The minimum absolute atomic E-state index is 0.0686. The van der Waals surface area contributed by atoms with Gasteiger partial charge in [0.15, 0.2) is 5.82 Å². The van der Waals surface area contributed by atoms with Crippen LogP contribution < -0.4 is 11.1 Å². The molecule has 0 saturated heterocycles. The molecule has 0 saturated carbocycles. The first-order chi connectivity index (χ1) is 12.0. The van der Waals surface area contributed by atoms with Gasteiger partial charge in [0.05, 0.1) is 11.1 Å². The Morgan fingerprint density at radius 3 is 2.84 bits per heavy atom. The van der Waals surface area contributed by atoms with Gasteiger partial charge in [-0.05, 0) is 37.0 Å². The summed E-state index contributed by atoms with van der Waals surface area (Å²) in [5.74, 6) is 1.62. The van der Waals surface area contributed by atoms with Crippen LogP contribution in [-0.4, -0.2) is 26.7 Å². The number of nitrogens with zero attached hydrogens (tertiary/aromatic N) is 3. The van der Waals surface area contributed by atoms with Crippen molar-refractivity contribution in [1.29, 1.82) is 0 Å². The zero-order valence-electron chi connectivity index (χ0n) is 14.6. The molecule has 1 aromatic carbocycles. The van der Waals surface area contributed by atoms with Crippen molar-refractivity contribution in [3.8, 4) is 11.4 Å². The Labute approximate surface area is 152 Å². The van der Waals surface area contributed by atoms with Crippen molar-refractivity contribution in [2.75, 3.05) is 5.32 Å². The highest BCUT2D eigenvalue weighted by Crippen LogP contribution is 2.31. The number of benzene rings is 1. The van der Waals surface area contributed by atoms with E-state index in [0.29, 0.717) is 10.7 Å². The van der Waals surface area contributed by atoms with Crippen molar-refractivity contribution in [2.24, 2.45) is 11.7 Å². The molecular formula is C18H24ClN5O. The third kappa shape index (κ3) is 3.85. The molecule has 0 aliphatic carbocycles. The number of amides is 1. The van der Waals surface area contributed by atoms with Crippen molar-refractivity contribution in [3.05, 3.63) is 29.0 Å². The number of nitrogens with two attached hydrogens (primary N) is 1. The molecule has 3 N–H and O–H groups in total. The molecule has 3 rings (SSSR count). The van der Waals surface area contributed by atoms with Crippen LogP contribution in [0.1, 0.15) is 38.9 Å². The van der Waals surface area contributed by atoms with E-state index in [0.717, 1.165) is 43.0 Å². The number of hydrogen-bond acceptors (Lipinski definition) is 4. The lowest BCUT2D eigenvalue weighted by Gasteiger charge is -2.16. The number of aryl methyl sites for hydroxylation is 1. The Balaban J connectivity index is 1.90. The summed E-state index contributed by atoms with van der Waals surface area (Å²) in [5, 5.41) is 12.1. The van der Waals surface area contributed by atoms with E-state index in [2.05, 4.69) is 20.1 Å². The smallest absolute Gasteiger partial charge is 0.241 e. The number of anilines is 1. The van der Waals surface area contributed by atoms with Crippen molar-refractivity contribution >= 4 is 23.2 Å². The van der Waals surface area contributed by atoms with Gasteiger partial charge in [0, 0.05) is 24.2 Å². The number of rotatable bonds is 4. The zero-order chi connectivity index (χ0) is 18.0. The number of fused-ring (bicyclic) bond motifs is 1. The second-order valence-corrected chi connectivity index (χ2v) is 7.26. The van der Waals surface area contributed by atoms with E-state index >= 15 is 0 Å². The van der Waals surface area contributed by atoms with Gasteiger partial charge in [-0.3, -0.25) is 4.79 Å². The number of aromatic nitrogens is 3. The number of carbonyl (C=O) groups is 1. The van der Waals surface area contributed by atoms with Gasteiger partial charge < -0.3 is 15.6 Å². The van der Waals surface area contributed by atoms with Crippen molar-refractivity contribution in [2.45, 2.75) is 52.1 Å². The molecule has 0 fully saturated rings. The fraction of sp³-hybridized carbons (Fsp3) is 0.500. The molecule has 1 atom stereocenters. The van der Waals surface area contributed by atoms with Crippen molar-refractivity contribution in [1.82, 2.24) is 14.8 Å². The van der Waals surface area contributed by atoms with Crippen LogP contribution in [0.3, 0.4) is 0 Å². The highest BCUT2D eigenvalue weighted by molar-refractivity contribution is 6.33. The molecule has 0 spiro atoms. The van der Waals surface area contributed by atoms with E-state index in [1.165, 1.54) is 6.42 Å². The Bertz CT molecular complexity index is 771. The van der Waals surface area contributed by atoms with E-state index in [1.54, 1.807) is 12.1 Å². The molecule has 1 aromatic heterocycles. The summed E-state index contributed by atoms with van der Waals surface area (Å²) in [6, 6.07) is 4.83. The van der Waals surface area contributed by atoms with E-state index in [4.69, 9.17) is 17.3 Å². The molecule has 0 unspecified atom stereocenters. The normalized spacial score (nSPS) is 15.6. The van der Waals surface area contributed by atoms with Crippen LogP contribution in [0.25, 0.3) is 11.4 Å². The number of carbonyl (C=O) groups excluding carboxylic acids is 1. The maximum absolute atomic E-state index is 12.2. The lowest BCUT2D eigenvalue weighted by molar-refractivity contribution is -0.118. The van der Waals surface area contributed by atoms with E-state index in [9.17, 15) is 4.79 Å². The fourth-order valence-electron chi connectivity index (χ4n) is 2.99. The monoisotopic (exact) mass is 361 g/mol. The Hall–Kier alpha value is -1.92. The number of nitrogens with one attached hydrogen (secondary N) is 1. The van der Waals surface area contributed by atoms with Crippen molar-refractivity contribution in [3.63, 3.8) is 0 Å². The van der Waals surface area contributed by atoms with Gasteiger partial charge in [-0.1, -0.05) is 31.9 Å². The van der Waals surface area contributed by atoms with Crippen LogP contribution in [0.15, 0.2) is 18.2 Å². The van der Waals surface area contributed by atoms with Crippen LogP contribution in [0, 0.1) is 5.92 Å². The maximum Gasteiger partial charge on any atom is 0.241 e. The second-order valence-electron chi connectivity index (χ2n) is 6.86. The fourth-order valence-corrected chi connectivity index (χ4v) is 3.19. The highest BCUT2D eigenvalue weighted by Gasteiger charge is 2.20. The summed E-state index contributed by atoms with van der Waals surface area (Å²) in [4.78, 5) is 12.2.